The van der Waals surface area contributed by atoms with Crippen LogP contribution in [0, 0.1) is 0 Å². The summed E-state index contributed by atoms with van der Waals surface area (Å²) in [7, 11) is 1.85. The zero-order valence-corrected chi connectivity index (χ0v) is 9.27. The number of rotatable bonds is 1. The Morgan fingerprint density at radius 1 is 1.27 bits per heavy atom. The minimum absolute atomic E-state index is 0.702. The highest BCUT2D eigenvalue weighted by molar-refractivity contribution is 7.08. The van der Waals surface area contributed by atoms with Crippen molar-refractivity contribution < 1.29 is 0 Å². The summed E-state index contributed by atoms with van der Waals surface area (Å²) in [4.78, 5) is 8.78. The molecule has 0 atom stereocenters. The predicted molar refractivity (Wildman–Crippen MR) is 62.3 cm³/mol. The molecule has 15 heavy (non-hydrogen) atoms. The SMILES string of the molecule is CNc1ncc2c(n1)-c1cscc1CC2. The molecule has 76 valence electrons. The maximum absolute atomic E-state index is 4.53. The van der Waals surface area contributed by atoms with Crippen molar-refractivity contribution in [2.24, 2.45) is 0 Å². The van der Waals surface area contributed by atoms with Crippen LogP contribution in [0.4, 0.5) is 5.95 Å². The van der Waals surface area contributed by atoms with Gasteiger partial charge in [0.25, 0.3) is 0 Å². The van der Waals surface area contributed by atoms with Crippen LogP contribution in [0.2, 0.25) is 0 Å². The van der Waals surface area contributed by atoms with Crippen molar-refractivity contribution >= 4 is 17.3 Å². The average Bonchev–Trinajstić information content (AvgIpc) is 2.76. The molecule has 0 fully saturated rings. The highest BCUT2D eigenvalue weighted by atomic mass is 32.1. The van der Waals surface area contributed by atoms with Crippen molar-refractivity contribution in [3.8, 4) is 11.3 Å². The minimum Gasteiger partial charge on any atom is -0.357 e. The molecule has 0 radical (unpaired) electrons. The quantitative estimate of drug-likeness (QED) is 0.796. The largest absolute Gasteiger partial charge is 0.357 e. The lowest BCUT2D eigenvalue weighted by molar-refractivity contribution is 0.917. The van der Waals surface area contributed by atoms with Crippen LogP contribution < -0.4 is 5.32 Å². The highest BCUT2D eigenvalue weighted by Gasteiger charge is 2.18. The molecule has 0 aliphatic heterocycles. The lowest BCUT2D eigenvalue weighted by atomic mass is 9.93. The molecule has 0 amide bonds. The van der Waals surface area contributed by atoms with E-state index in [1.165, 1.54) is 16.7 Å². The van der Waals surface area contributed by atoms with Crippen molar-refractivity contribution in [2.75, 3.05) is 12.4 Å². The molecule has 4 heteroatoms. The summed E-state index contributed by atoms with van der Waals surface area (Å²) in [5, 5.41) is 7.38. The van der Waals surface area contributed by atoms with Crippen molar-refractivity contribution in [2.45, 2.75) is 12.8 Å². The lowest BCUT2D eigenvalue weighted by Gasteiger charge is -2.15. The normalized spacial score (nSPS) is 13.1. The van der Waals surface area contributed by atoms with Crippen molar-refractivity contribution in [1.82, 2.24) is 9.97 Å². The van der Waals surface area contributed by atoms with Crippen LogP contribution in [0.15, 0.2) is 17.0 Å². The molecule has 2 aromatic heterocycles. The summed E-state index contributed by atoms with van der Waals surface area (Å²) in [6.45, 7) is 0. The second-order valence-corrected chi connectivity index (χ2v) is 4.37. The van der Waals surface area contributed by atoms with Gasteiger partial charge in [-0.2, -0.15) is 11.3 Å². The fourth-order valence-electron chi connectivity index (χ4n) is 1.94. The number of hydrogen-bond donors (Lipinski definition) is 1. The topological polar surface area (TPSA) is 37.8 Å². The van der Waals surface area contributed by atoms with Crippen LogP contribution in [0.1, 0.15) is 11.1 Å². The molecule has 0 aromatic carbocycles. The molecular weight excluding hydrogens is 206 g/mol. The summed E-state index contributed by atoms with van der Waals surface area (Å²) in [5.41, 5.74) is 5.09. The molecule has 0 saturated carbocycles. The lowest BCUT2D eigenvalue weighted by Crippen LogP contribution is -2.07. The van der Waals surface area contributed by atoms with Crippen LogP contribution in [-0.2, 0) is 12.8 Å². The predicted octanol–water partition coefficient (Wildman–Crippen LogP) is 2.35. The molecule has 0 spiro atoms. The third-order valence-electron chi connectivity index (χ3n) is 2.75. The standard InChI is InChI=1S/C11H11N3S/c1-12-11-13-4-7-2-3-8-5-15-6-9(8)10(7)14-11/h4-6H,2-3H2,1H3,(H,12,13,14). The molecule has 1 N–H and O–H groups in total. The van der Waals surface area contributed by atoms with Gasteiger partial charge in [0.2, 0.25) is 5.95 Å². The Hall–Kier alpha value is -1.42. The average molecular weight is 217 g/mol. The van der Waals surface area contributed by atoms with E-state index in [1.54, 1.807) is 11.3 Å². The maximum atomic E-state index is 4.53. The van der Waals surface area contributed by atoms with Crippen molar-refractivity contribution in [3.63, 3.8) is 0 Å². The Kier molecular flexibility index (Phi) is 1.95. The summed E-state index contributed by atoms with van der Waals surface area (Å²) in [6.07, 6.45) is 4.12. The van der Waals surface area contributed by atoms with Crippen LogP contribution in [-0.4, -0.2) is 17.0 Å². The summed E-state index contributed by atoms with van der Waals surface area (Å²) < 4.78 is 0. The first-order chi connectivity index (χ1) is 7.38. The Morgan fingerprint density at radius 3 is 3.00 bits per heavy atom. The monoisotopic (exact) mass is 217 g/mol. The first kappa shape index (κ1) is 8.85. The van der Waals surface area contributed by atoms with Gasteiger partial charge in [-0.1, -0.05) is 0 Å². The number of aryl methyl sites for hydroxylation is 2. The number of aromatic nitrogens is 2. The van der Waals surface area contributed by atoms with E-state index < -0.39 is 0 Å². The van der Waals surface area contributed by atoms with Gasteiger partial charge in [0, 0.05) is 24.2 Å². The second kappa shape index (κ2) is 3.31. The van der Waals surface area contributed by atoms with E-state index in [2.05, 4.69) is 26.0 Å². The number of fused-ring (bicyclic) bond motifs is 3. The third-order valence-corrected chi connectivity index (χ3v) is 3.54. The van der Waals surface area contributed by atoms with Gasteiger partial charge in [-0.25, -0.2) is 9.97 Å². The van der Waals surface area contributed by atoms with Crippen LogP contribution in [0.3, 0.4) is 0 Å². The first-order valence-corrected chi connectivity index (χ1v) is 5.92. The van der Waals surface area contributed by atoms with Crippen LogP contribution >= 0.6 is 11.3 Å². The molecule has 0 unspecified atom stereocenters. The molecule has 1 aliphatic carbocycles. The van der Waals surface area contributed by atoms with E-state index in [-0.39, 0.29) is 0 Å². The van der Waals surface area contributed by atoms with E-state index in [0.29, 0.717) is 5.95 Å². The van der Waals surface area contributed by atoms with Gasteiger partial charge in [0.15, 0.2) is 0 Å². The highest BCUT2D eigenvalue weighted by Crippen LogP contribution is 2.34. The van der Waals surface area contributed by atoms with Gasteiger partial charge in [0.05, 0.1) is 5.69 Å². The molecule has 0 bridgehead atoms. The number of nitrogens with one attached hydrogen (secondary N) is 1. The van der Waals surface area contributed by atoms with Crippen molar-refractivity contribution in [1.29, 1.82) is 0 Å². The summed E-state index contributed by atoms with van der Waals surface area (Å²) >= 11 is 1.75. The minimum atomic E-state index is 0.702. The fraction of sp³-hybridized carbons (Fsp3) is 0.273. The van der Waals surface area contributed by atoms with Gasteiger partial charge >= 0.3 is 0 Å². The van der Waals surface area contributed by atoms with Crippen LogP contribution in [0.5, 0.6) is 0 Å². The van der Waals surface area contributed by atoms with E-state index in [0.717, 1.165) is 18.5 Å². The number of nitrogens with zero attached hydrogens (tertiary/aromatic N) is 2. The number of thiophene rings is 1. The Bertz CT molecular complexity index is 504. The van der Waals surface area contributed by atoms with Gasteiger partial charge in [-0.3, -0.25) is 0 Å². The van der Waals surface area contributed by atoms with E-state index in [9.17, 15) is 0 Å². The zero-order chi connectivity index (χ0) is 10.3. The molecule has 3 rings (SSSR count). The smallest absolute Gasteiger partial charge is 0.222 e. The third kappa shape index (κ3) is 1.33. The van der Waals surface area contributed by atoms with Gasteiger partial charge in [-0.15, -0.1) is 0 Å². The van der Waals surface area contributed by atoms with Gasteiger partial charge in [0.1, 0.15) is 0 Å². The molecule has 1 aliphatic rings. The van der Waals surface area contributed by atoms with E-state index in [4.69, 9.17) is 0 Å². The van der Waals surface area contributed by atoms with Gasteiger partial charge < -0.3 is 5.32 Å². The fourth-order valence-corrected chi connectivity index (χ4v) is 2.81. The molecule has 3 nitrogen and oxygen atoms in total. The molecule has 0 saturated heterocycles. The van der Waals surface area contributed by atoms with Crippen LogP contribution in [0.25, 0.3) is 11.3 Å². The van der Waals surface area contributed by atoms with Crippen molar-refractivity contribution in [3.05, 3.63) is 28.1 Å². The van der Waals surface area contributed by atoms with E-state index in [1.807, 2.05) is 13.2 Å². The Morgan fingerprint density at radius 2 is 2.13 bits per heavy atom. The first-order valence-electron chi connectivity index (χ1n) is 4.97. The summed E-state index contributed by atoms with van der Waals surface area (Å²) in [5.74, 6) is 0.702. The number of anilines is 1. The Labute approximate surface area is 92.2 Å². The summed E-state index contributed by atoms with van der Waals surface area (Å²) in [6, 6.07) is 0. The van der Waals surface area contributed by atoms with E-state index >= 15 is 0 Å². The Balaban J connectivity index is 2.21. The second-order valence-electron chi connectivity index (χ2n) is 3.63. The molecule has 2 heterocycles. The van der Waals surface area contributed by atoms with Gasteiger partial charge in [-0.05, 0) is 29.3 Å². The number of hydrogen-bond acceptors (Lipinski definition) is 4. The molecular formula is C11H11N3S. The zero-order valence-electron chi connectivity index (χ0n) is 8.45. The maximum Gasteiger partial charge on any atom is 0.222 e. The molecule has 2 aromatic rings.